The van der Waals surface area contributed by atoms with Crippen LogP contribution in [0.1, 0.15) is 29.5 Å². The number of hydrogen-bond acceptors (Lipinski definition) is 6. The SMILES string of the molecule is Cc1c(CN/C(N)=c2\cc(N3CCC(C=O)CC3)cn\c2=C\N)cccc1C(F)(F)F. The highest BCUT2D eigenvalue weighted by molar-refractivity contribution is 5.56. The van der Waals surface area contributed by atoms with Crippen LogP contribution in [0.5, 0.6) is 0 Å². The molecule has 0 bridgehead atoms. The third-order valence-electron chi connectivity index (χ3n) is 5.67. The summed E-state index contributed by atoms with van der Waals surface area (Å²) in [5.74, 6) is 0.347. The second kappa shape index (κ2) is 9.28. The van der Waals surface area contributed by atoms with Crippen LogP contribution in [-0.2, 0) is 17.5 Å². The van der Waals surface area contributed by atoms with E-state index in [2.05, 4.69) is 15.2 Å². The number of carbonyl (C=O) groups excluding carboxylic acids is 1. The Labute approximate surface area is 178 Å². The van der Waals surface area contributed by atoms with Crippen molar-refractivity contribution in [2.75, 3.05) is 18.0 Å². The number of pyridine rings is 1. The van der Waals surface area contributed by atoms with Gasteiger partial charge >= 0.3 is 6.18 Å². The average molecular weight is 433 g/mol. The van der Waals surface area contributed by atoms with Gasteiger partial charge in [0, 0.05) is 37.0 Å². The maximum Gasteiger partial charge on any atom is 0.416 e. The predicted molar refractivity (Wildman–Crippen MR) is 114 cm³/mol. The van der Waals surface area contributed by atoms with Gasteiger partial charge in [0.15, 0.2) is 0 Å². The zero-order valence-corrected chi connectivity index (χ0v) is 17.2. The van der Waals surface area contributed by atoms with Gasteiger partial charge in [-0.15, -0.1) is 0 Å². The fraction of sp³-hybridized carbons (Fsp3) is 0.364. The summed E-state index contributed by atoms with van der Waals surface area (Å²) in [5, 5.41) is 4.04. The van der Waals surface area contributed by atoms with Crippen LogP contribution in [-0.4, -0.2) is 24.4 Å². The second-order valence-corrected chi connectivity index (χ2v) is 7.61. The molecule has 0 spiro atoms. The van der Waals surface area contributed by atoms with E-state index in [1.54, 1.807) is 12.3 Å². The van der Waals surface area contributed by atoms with Crippen LogP contribution >= 0.6 is 0 Å². The van der Waals surface area contributed by atoms with Crippen LogP contribution in [0.3, 0.4) is 0 Å². The van der Waals surface area contributed by atoms with E-state index in [1.807, 2.05) is 6.07 Å². The van der Waals surface area contributed by atoms with Crippen molar-refractivity contribution < 1.29 is 18.0 Å². The van der Waals surface area contributed by atoms with Crippen molar-refractivity contribution in [1.29, 1.82) is 0 Å². The number of rotatable bonds is 5. The molecule has 2 aromatic rings. The van der Waals surface area contributed by atoms with Gasteiger partial charge < -0.3 is 26.5 Å². The number of alkyl halides is 3. The fourth-order valence-corrected chi connectivity index (χ4v) is 3.75. The summed E-state index contributed by atoms with van der Waals surface area (Å²) in [6.07, 6.45) is 1.17. The van der Waals surface area contributed by atoms with Gasteiger partial charge in [0.2, 0.25) is 0 Å². The summed E-state index contributed by atoms with van der Waals surface area (Å²) < 4.78 is 39.5. The van der Waals surface area contributed by atoms with Crippen molar-refractivity contribution in [1.82, 2.24) is 10.3 Å². The number of aldehydes is 1. The van der Waals surface area contributed by atoms with Gasteiger partial charge in [-0.25, -0.2) is 0 Å². The van der Waals surface area contributed by atoms with Crippen LogP contribution in [0.4, 0.5) is 18.9 Å². The van der Waals surface area contributed by atoms with E-state index in [0.717, 1.165) is 44.0 Å². The van der Waals surface area contributed by atoms with Crippen molar-refractivity contribution >= 4 is 24.0 Å². The smallest absolute Gasteiger partial charge is 0.403 e. The molecule has 31 heavy (non-hydrogen) atoms. The van der Waals surface area contributed by atoms with E-state index in [9.17, 15) is 18.0 Å². The van der Waals surface area contributed by atoms with E-state index in [0.29, 0.717) is 16.1 Å². The molecule has 3 rings (SSSR count). The number of nitrogens with one attached hydrogen (secondary N) is 1. The minimum Gasteiger partial charge on any atom is -0.403 e. The molecule has 0 aliphatic carbocycles. The summed E-state index contributed by atoms with van der Waals surface area (Å²) >= 11 is 0. The van der Waals surface area contributed by atoms with Gasteiger partial charge in [-0.05, 0) is 43.0 Å². The number of benzene rings is 1. The fourth-order valence-electron chi connectivity index (χ4n) is 3.75. The minimum absolute atomic E-state index is 0.0781. The summed E-state index contributed by atoms with van der Waals surface area (Å²) in [7, 11) is 0. The molecule has 0 saturated carbocycles. The molecule has 1 aromatic carbocycles. The van der Waals surface area contributed by atoms with Crippen LogP contribution in [0.15, 0.2) is 30.5 Å². The number of nitrogens with two attached hydrogens (primary N) is 2. The Morgan fingerprint density at radius 3 is 2.65 bits per heavy atom. The molecular formula is C22H26F3N5O. The monoisotopic (exact) mass is 433 g/mol. The quantitative estimate of drug-likeness (QED) is 0.616. The summed E-state index contributed by atoms with van der Waals surface area (Å²) in [6.45, 7) is 3.03. The minimum atomic E-state index is -4.41. The highest BCUT2D eigenvalue weighted by atomic mass is 19.4. The number of carbonyl (C=O) groups is 1. The molecule has 1 fully saturated rings. The van der Waals surface area contributed by atoms with Gasteiger partial charge in [0.05, 0.1) is 22.8 Å². The standard InChI is InChI=1S/C22H26F3N5O/c1-14-16(3-2-4-19(14)22(23,24)25)11-29-21(27)18-9-17(12-28-20(18)10-26)30-7-5-15(13-31)6-8-30/h2-4,9-10,12-13,15,29H,5-8,11,26-27H2,1H3/b20-10+,21-18+. The Hall–Kier alpha value is -3.23. The van der Waals surface area contributed by atoms with Crippen molar-refractivity contribution in [3.8, 4) is 0 Å². The zero-order chi connectivity index (χ0) is 22.6. The van der Waals surface area contributed by atoms with E-state index < -0.39 is 11.7 Å². The molecule has 1 aromatic heterocycles. The maximum absolute atomic E-state index is 13.2. The maximum atomic E-state index is 13.2. The lowest BCUT2D eigenvalue weighted by atomic mass is 9.98. The molecule has 6 nitrogen and oxygen atoms in total. The number of hydrogen-bond donors (Lipinski definition) is 3. The molecule has 0 radical (unpaired) electrons. The van der Waals surface area contributed by atoms with E-state index in [4.69, 9.17) is 11.5 Å². The molecule has 2 heterocycles. The normalized spacial score (nSPS) is 16.9. The summed E-state index contributed by atoms with van der Waals surface area (Å²) in [4.78, 5) is 17.5. The number of nitrogens with zero attached hydrogens (tertiary/aromatic N) is 2. The zero-order valence-electron chi connectivity index (χ0n) is 17.2. The lowest BCUT2D eigenvalue weighted by molar-refractivity contribution is -0.138. The lowest BCUT2D eigenvalue weighted by Crippen LogP contribution is -2.40. The first-order valence-electron chi connectivity index (χ1n) is 10.0. The van der Waals surface area contributed by atoms with E-state index in [1.165, 1.54) is 19.2 Å². The lowest BCUT2D eigenvalue weighted by Gasteiger charge is -2.31. The van der Waals surface area contributed by atoms with Crippen LogP contribution < -0.4 is 32.3 Å². The Bertz CT molecular complexity index is 1060. The van der Waals surface area contributed by atoms with Crippen LogP contribution in [0.2, 0.25) is 0 Å². The van der Waals surface area contributed by atoms with Crippen molar-refractivity contribution in [2.45, 2.75) is 32.5 Å². The van der Waals surface area contributed by atoms with Crippen LogP contribution in [0, 0.1) is 12.8 Å². The highest BCUT2D eigenvalue weighted by Gasteiger charge is 2.32. The third kappa shape index (κ3) is 5.10. The molecule has 0 atom stereocenters. The molecule has 5 N–H and O–H groups in total. The van der Waals surface area contributed by atoms with Gasteiger partial charge in [-0.2, -0.15) is 13.2 Å². The average Bonchev–Trinajstić information content (AvgIpc) is 2.77. The van der Waals surface area contributed by atoms with Crippen molar-refractivity contribution in [2.24, 2.45) is 17.4 Å². The summed E-state index contributed by atoms with van der Waals surface area (Å²) in [5.41, 5.74) is 12.8. The molecule has 9 heteroatoms. The van der Waals surface area contributed by atoms with E-state index >= 15 is 0 Å². The largest absolute Gasteiger partial charge is 0.416 e. The van der Waals surface area contributed by atoms with Gasteiger partial charge in [-0.3, -0.25) is 4.98 Å². The van der Waals surface area contributed by atoms with Gasteiger partial charge in [0.25, 0.3) is 0 Å². The molecule has 166 valence electrons. The Morgan fingerprint density at radius 1 is 1.32 bits per heavy atom. The predicted octanol–water partition coefficient (Wildman–Crippen LogP) is 1.34. The van der Waals surface area contributed by atoms with Crippen LogP contribution in [0.25, 0.3) is 12.0 Å². The number of aromatic nitrogens is 1. The van der Waals surface area contributed by atoms with Crippen molar-refractivity contribution in [3.05, 3.63) is 57.7 Å². The number of piperidine rings is 1. The molecule has 1 aliphatic rings. The highest BCUT2D eigenvalue weighted by Crippen LogP contribution is 2.32. The molecular weight excluding hydrogens is 407 g/mol. The Kier molecular flexibility index (Phi) is 6.72. The third-order valence-corrected chi connectivity index (χ3v) is 5.67. The van der Waals surface area contributed by atoms with Gasteiger partial charge in [-0.1, -0.05) is 12.1 Å². The second-order valence-electron chi connectivity index (χ2n) is 7.61. The number of halogens is 3. The topological polar surface area (TPSA) is 97.3 Å². The molecule has 0 unspecified atom stereocenters. The molecule has 1 saturated heterocycles. The first-order chi connectivity index (χ1) is 14.7. The van der Waals surface area contributed by atoms with Gasteiger partial charge in [0.1, 0.15) is 12.1 Å². The van der Waals surface area contributed by atoms with E-state index in [-0.39, 0.29) is 23.8 Å². The Morgan fingerprint density at radius 2 is 2.03 bits per heavy atom. The first-order valence-corrected chi connectivity index (χ1v) is 10.0. The molecule has 1 aliphatic heterocycles. The summed E-state index contributed by atoms with van der Waals surface area (Å²) in [6, 6.07) is 5.93. The molecule has 0 amide bonds. The number of anilines is 1. The first kappa shape index (κ1) is 22.5. The van der Waals surface area contributed by atoms with Crippen molar-refractivity contribution in [3.63, 3.8) is 0 Å². The Balaban J connectivity index is 1.87.